The van der Waals surface area contributed by atoms with Crippen molar-refractivity contribution in [3.05, 3.63) is 63.2 Å². The molecule has 0 spiro atoms. The van der Waals surface area contributed by atoms with E-state index in [9.17, 15) is 0 Å². The minimum atomic E-state index is 0.553. The standard InChI is InChI=1S/C20H20Cl2N2O2S/c1-25-16-7-6-13(10-17(16)26-2)8-9-23-12-19-24-11-18(27-19)14-4-3-5-15(21)20(14)22/h3-7,10-11,23H,8-9,12H2,1-2H3. The third-order valence-electron chi connectivity index (χ3n) is 4.09. The molecular weight excluding hydrogens is 403 g/mol. The van der Waals surface area contributed by atoms with Crippen molar-refractivity contribution < 1.29 is 9.47 Å². The van der Waals surface area contributed by atoms with Crippen LogP contribution in [0.2, 0.25) is 10.0 Å². The number of methoxy groups -OCH3 is 2. The summed E-state index contributed by atoms with van der Waals surface area (Å²) in [6.45, 7) is 1.54. The molecule has 7 heteroatoms. The Morgan fingerprint density at radius 2 is 1.89 bits per heavy atom. The minimum Gasteiger partial charge on any atom is -0.493 e. The summed E-state index contributed by atoms with van der Waals surface area (Å²) in [4.78, 5) is 5.49. The highest BCUT2D eigenvalue weighted by atomic mass is 35.5. The molecule has 1 aromatic heterocycles. The third-order valence-corrected chi connectivity index (χ3v) is 5.93. The third kappa shape index (κ3) is 4.93. The molecule has 0 bridgehead atoms. The topological polar surface area (TPSA) is 43.4 Å². The summed E-state index contributed by atoms with van der Waals surface area (Å²) in [6, 6.07) is 11.6. The second-order valence-electron chi connectivity index (χ2n) is 5.84. The Kier molecular flexibility index (Phi) is 6.96. The Morgan fingerprint density at radius 1 is 1.07 bits per heavy atom. The predicted molar refractivity (Wildman–Crippen MR) is 113 cm³/mol. The number of aromatic nitrogens is 1. The fourth-order valence-electron chi connectivity index (χ4n) is 2.67. The van der Waals surface area contributed by atoms with Gasteiger partial charge in [-0.1, -0.05) is 41.4 Å². The zero-order valence-electron chi connectivity index (χ0n) is 15.1. The van der Waals surface area contributed by atoms with E-state index in [0.717, 1.165) is 39.9 Å². The monoisotopic (exact) mass is 422 g/mol. The number of benzene rings is 2. The molecular formula is C20H20Cl2N2O2S. The van der Waals surface area contributed by atoms with Gasteiger partial charge >= 0.3 is 0 Å². The van der Waals surface area contributed by atoms with Crippen LogP contribution in [-0.2, 0) is 13.0 Å². The van der Waals surface area contributed by atoms with Crippen LogP contribution in [0.3, 0.4) is 0 Å². The Hall–Kier alpha value is -1.79. The molecule has 0 aliphatic rings. The van der Waals surface area contributed by atoms with Gasteiger partial charge < -0.3 is 14.8 Å². The molecule has 0 unspecified atom stereocenters. The van der Waals surface area contributed by atoms with Crippen molar-refractivity contribution in [2.75, 3.05) is 20.8 Å². The number of nitrogens with zero attached hydrogens (tertiary/aromatic N) is 1. The molecule has 0 fully saturated rings. The summed E-state index contributed by atoms with van der Waals surface area (Å²) < 4.78 is 10.6. The molecule has 3 rings (SSSR count). The van der Waals surface area contributed by atoms with E-state index >= 15 is 0 Å². The number of halogens is 2. The number of ether oxygens (including phenoxy) is 2. The van der Waals surface area contributed by atoms with E-state index in [4.69, 9.17) is 32.7 Å². The van der Waals surface area contributed by atoms with Crippen molar-refractivity contribution in [3.63, 3.8) is 0 Å². The van der Waals surface area contributed by atoms with Crippen LogP contribution in [0.5, 0.6) is 11.5 Å². The second-order valence-corrected chi connectivity index (χ2v) is 7.74. The Labute approximate surface area is 173 Å². The molecule has 1 heterocycles. The lowest BCUT2D eigenvalue weighted by molar-refractivity contribution is 0.354. The molecule has 0 atom stereocenters. The van der Waals surface area contributed by atoms with E-state index in [1.165, 1.54) is 5.56 Å². The molecule has 27 heavy (non-hydrogen) atoms. The van der Waals surface area contributed by atoms with E-state index in [0.29, 0.717) is 16.6 Å². The summed E-state index contributed by atoms with van der Waals surface area (Å²) in [6.07, 6.45) is 2.73. The lowest BCUT2D eigenvalue weighted by atomic mass is 10.1. The van der Waals surface area contributed by atoms with Crippen LogP contribution in [0.25, 0.3) is 10.4 Å². The van der Waals surface area contributed by atoms with Gasteiger partial charge in [0.1, 0.15) is 5.01 Å². The SMILES string of the molecule is COc1ccc(CCNCc2ncc(-c3cccc(Cl)c3Cl)s2)cc1OC. The molecule has 0 radical (unpaired) electrons. The molecule has 1 N–H and O–H groups in total. The van der Waals surface area contributed by atoms with E-state index < -0.39 is 0 Å². The van der Waals surface area contributed by atoms with Gasteiger partial charge in [-0.3, -0.25) is 0 Å². The van der Waals surface area contributed by atoms with Crippen molar-refractivity contribution in [1.29, 1.82) is 0 Å². The minimum absolute atomic E-state index is 0.553. The van der Waals surface area contributed by atoms with Crippen LogP contribution >= 0.6 is 34.5 Å². The average Bonchev–Trinajstić information content (AvgIpc) is 3.15. The number of rotatable bonds is 8. The number of hydrogen-bond donors (Lipinski definition) is 1. The summed E-state index contributed by atoms with van der Waals surface area (Å²) in [5, 5.41) is 5.55. The highest BCUT2D eigenvalue weighted by Crippen LogP contribution is 2.36. The maximum Gasteiger partial charge on any atom is 0.160 e. The predicted octanol–water partition coefficient (Wildman–Crippen LogP) is 5.47. The van der Waals surface area contributed by atoms with E-state index in [-0.39, 0.29) is 0 Å². The molecule has 142 valence electrons. The van der Waals surface area contributed by atoms with Crippen molar-refractivity contribution >= 4 is 34.5 Å². The Balaban J connectivity index is 1.54. The van der Waals surface area contributed by atoms with E-state index in [2.05, 4.69) is 10.3 Å². The first kappa shape index (κ1) is 20.0. The molecule has 0 saturated carbocycles. The van der Waals surface area contributed by atoms with Gasteiger partial charge in [-0.2, -0.15) is 0 Å². The Morgan fingerprint density at radius 3 is 2.67 bits per heavy atom. The van der Waals surface area contributed by atoms with Crippen molar-refractivity contribution in [1.82, 2.24) is 10.3 Å². The van der Waals surface area contributed by atoms with Crippen molar-refractivity contribution in [3.8, 4) is 21.9 Å². The van der Waals surface area contributed by atoms with Crippen molar-refractivity contribution in [2.45, 2.75) is 13.0 Å². The molecule has 0 aliphatic heterocycles. The van der Waals surface area contributed by atoms with E-state index in [1.54, 1.807) is 31.6 Å². The highest BCUT2D eigenvalue weighted by Gasteiger charge is 2.10. The fraction of sp³-hybridized carbons (Fsp3) is 0.250. The summed E-state index contributed by atoms with van der Waals surface area (Å²) in [5.74, 6) is 1.49. The number of nitrogens with one attached hydrogen (secondary N) is 1. The van der Waals surface area contributed by atoms with Crippen molar-refractivity contribution in [2.24, 2.45) is 0 Å². The zero-order chi connectivity index (χ0) is 19.2. The maximum absolute atomic E-state index is 6.29. The molecule has 0 saturated heterocycles. The summed E-state index contributed by atoms with van der Waals surface area (Å²) >= 11 is 14.0. The second kappa shape index (κ2) is 9.42. The number of thiazole rings is 1. The molecule has 0 amide bonds. The normalized spacial score (nSPS) is 10.8. The molecule has 3 aromatic rings. The van der Waals surface area contributed by atoms with Gasteiger partial charge in [0.05, 0.1) is 29.1 Å². The van der Waals surface area contributed by atoms with Gasteiger partial charge in [0.15, 0.2) is 11.5 Å². The van der Waals surface area contributed by atoms with Gasteiger partial charge in [0.2, 0.25) is 0 Å². The van der Waals surface area contributed by atoms with Crippen LogP contribution in [0.1, 0.15) is 10.6 Å². The summed E-state index contributed by atoms with van der Waals surface area (Å²) in [7, 11) is 3.28. The largest absolute Gasteiger partial charge is 0.493 e. The smallest absolute Gasteiger partial charge is 0.160 e. The molecule has 2 aromatic carbocycles. The highest BCUT2D eigenvalue weighted by molar-refractivity contribution is 7.15. The fourth-order valence-corrected chi connectivity index (χ4v) is 4.05. The van der Waals surface area contributed by atoms with Crippen LogP contribution in [0.15, 0.2) is 42.6 Å². The van der Waals surface area contributed by atoms with Gasteiger partial charge in [0, 0.05) is 18.3 Å². The first-order chi connectivity index (χ1) is 13.1. The van der Waals surface area contributed by atoms with Crippen LogP contribution in [-0.4, -0.2) is 25.7 Å². The van der Waals surface area contributed by atoms with Gasteiger partial charge in [-0.05, 0) is 36.7 Å². The van der Waals surface area contributed by atoms with Gasteiger partial charge in [-0.15, -0.1) is 11.3 Å². The average molecular weight is 423 g/mol. The molecule has 4 nitrogen and oxygen atoms in total. The van der Waals surface area contributed by atoms with Gasteiger partial charge in [-0.25, -0.2) is 4.98 Å². The summed E-state index contributed by atoms with van der Waals surface area (Å²) in [5.41, 5.74) is 2.10. The van der Waals surface area contributed by atoms with Gasteiger partial charge in [0.25, 0.3) is 0 Å². The lowest BCUT2D eigenvalue weighted by Gasteiger charge is -2.09. The Bertz CT molecular complexity index is 915. The van der Waals surface area contributed by atoms with E-state index in [1.807, 2.05) is 36.5 Å². The first-order valence-corrected chi connectivity index (χ1v) is 10.0. The quantitative estimate of drug-likeness (QED) is 0.488. The van der Waals surface area contributed by atoms with Crippen LogP contribution in [0.4, 0.5) is 0 Å². The van der Waals surface area contributed by atoms with Crippen LogP contribution in [0, 0.1) is 0 Å². The first-order valence-electron chi connectivity index (χ1n) is 8.43. The number of hydrogen-bond acceptors (Lipinski definition) is 5. The lowest BCUT2D eigenvalue weighted by Crippen LogP contribution is -2.16. The van der Waals surface area contributed by atoms with Crippen LogP contribution < -0.4 is 14.8 Å². The molecule has 0 aliphatic carbocycles. The maximum atomic E-state index is 6.29. The zero-order valence-corrected chi connectivity index (χ0v) is 17.4.